The van der Waals surface area contributed by atoms with Gasteiger partial charge in [-0.1, -0.05) is 11.2 Å². The first-order chi connectivity index (χ1) is 5.33. The summed E-state index contributed by atoms with van der Waals surface area (Å²) in [6, 6.07) is 0. The zero-order valence-electron chi connectivity index (χ0n) is 6.50. The van der Waals surface area contributed by atoms with Gasteiger partial charge in [0, 0.05) is 6.54 Å². The molecule has 0 amide bonds. The van der Waals surface area contributed by atoms with Gasteiger partial charge in [0.25, 0.3) is 0 Å². The summed E-state index contributed by atoms with van der Waals surface area (Å²) in [5.41, 5.74) is 0. The Bertz CT molecular complexity index is 231. The number of nitrogens with zero attached hydrogens (tertiary/aromatic N) is 2. The minimum atomic E-state index is 0.604. The van der Waals surface area contributed by atoms with Crippen LogP contribution in [0.2, 0.25) is 0 Å². The molecule has 1 heterocycles. The van der Waals surface area contributed by atoms with Gasteiger partial charge in [-0.15, -0.1) is 6.58 Å². The van der Waals surface area contributed by atoms with Crippen LogP contribution in [-0.4, -0.2) is 16.7 Å². The summed E-state index contributed by atoms with van der Waals surface area (Å²) < 4.78 is 4.85. The molecule has 0 aliphatic rings. The van der Waals surface area contributed by atoms with Gasteiger partial charge in [0.2, 0.25) is 5.89 Å². The first-order valence-corrected chi connectivity index (χ1v) is 3.43. The van der Waals surface area contributed by atoms with Gasteiger partial charge >= 0.3 is 0 Å². The normalized spacial score (nSPS) is 9.91. The van der Waals surface area contributed by atoms with Crippen LogP contribution in [0.5, 0.6) is 0 Å². The molecule has 4 heteroatoms. The van der Waals surface area contributed by atoms with Gasteiger partial charge in [0.1, 0.15) is 0 Å². The standard InChI is InChI=1S/C7H11N3O/c1-3-4-8-5-7-9-6(2)10-11-7/h3,8H,1,4-5H2,2H3. The number of rotatable bonds is 4. The van der Waals surface area contributed by atoms with Gasteiger partial charge in [-0.25, -0.2) is 0 Å². The highest BCUT2D eigenvalue weighted by Gasteiger charge is 1.99. The number of aromatic nitrogens is 2. The van der Waals surface area contributed by atoms with Crippen LogP contribution < -0.4 is 5.32 Å². The van der Waals surface area contributed by atoms with E-state index in [4.69, 9.17) is 4.52 Å². The highest BCUT2D eigenvalue weighted by Crippen LogP contribution is 1.93. The third-order valence-corrected chi connectivity index (χ3v) is 1.13. The van der Waals surface area contributed by atoms with Crippen LogP contribution in [0, 0.1) is 6.92 Å². The molecule has 0 spiro atoms. The maximum Gasteiger partial charge on any atom is 0.240 e. The van der Waals surface area contributed by atoms with Gasteiger partial charge < -0.3 is 9.84 Å². The van der Waals surface area contributed by atoms with Gasteiger partial charge in [-0.2, -0.15) is 4.98 Å². The van der Waals surface area contributed by atoms with Crippen molar-refractivity contribution in [2.24, 2.45) is 0 Å². The summed E-state index contributed by atoms with van der Waals surface area (Å²) in [6.07, 6.45) is 1.78. The van der Waals surface area contributed by atoms with Crippen molar-refractivity contribution in [2.75, 3.05) is 6.54 Å². The van der Waals surface area contributed by atoms with Crippen molar-refractivity contribution < 1.29 is 4.52 Å². The third-order valence-electron chi connectivity index (χ3n) is 1.13. The molecule has 0 aliphatic heterocycles. The molecule has 0 radical (unpaired) electrons. The van der Waals surface area contributed by atoms with Crippen LogP contribution in [-0.2, 0) is 6.54 Å². The molecule has 0 aliphatic carbocycles. The van der Waals surface area contributed by atoms with E-state index in [1.165, 1.54) is 0 Å². The Morgan fingerprint density at radius 3 is 3.09 bits per heavy atom. The first-order valence-electron chi connectivity index (χ1n) is 3.43. The molecule has 1 aromatic rings. The monoisotopic (exact) mass is 153 g/mol. The number of aryl methyl sites for hydroxylation is 1. The predicted octanol–water partition coefficient (Wildman–Crippen LogP) is 0.654. The molecule has 0 fully saturated rings. The lowest BCUT2D eigenvalue weighted by Crippen LogP contribution is -2.12. The average Bonchev–Trinajstić information content (AvgIpc) is 2.37. The highest BCUT2D eigenvalue weighted by molar-refractivity contribution is 4.82. The second-order valence-electron chi connectivity index (χ2n) is 2.15. The Balaban J connectivity index is 2.32. The molecule has 1 aromatic heterocycles. The molecular weight excluding hydrogens is 142 g/mol. The second kappa shape index (κ2) is 3.88. The van der Waals surface area contributed by atoms with Crippen LogP contribution in [0.3, 0.4) is 0 Å². The Morgan fingerprint density at radius 2 is 2.55 bits per heavy atom. The fourth-order valence-electron chi connectivity index (χ4n) is 0.693. The number of nitrogens with one attached hydrogen (secondary N) is 1. The van der Waals surface area contributed by atoms with Crippen LogP contribution in [0.15, 0.2) is 17.2 Å². The van der Waals surface area contributed by atoms with E-state index in [0.29, 0.717) is 18.3 Å². The lowest BCUT2D eigenvalue weighted by Gasteiger charge is -1.92. The zero-order valence-corrected chi connectivity index (χ0v) is 6.50. The van der Waals surface area contributed by atoms with Crippen molar-refractivity contribution in [1.82, 2.24) is 15.5 Å². The Labute approximate surface area is 65.3 Å². The van der Waals surface area contributed by atoms with Crippen molar-refractivity contribution in [3.8, 4) is 0 Å². The van der Waals surface area contributed by atoms with Crippen LogP contribution in [0.1, 0.15) is 11.7 Å². The quantitative estimate of drug-likeness (QED) is 0.509. The maximum absolute atomic E-state index is 4.85. The van der Waals surface area contributed by atoms with Crippen molar-refractivity contribution in [1.29, 1.82) is 0 Å². The Hall–Kier alpha value is -1.16. The summed E-state index contributed by atoms with van der Waals surface area (Å²) in [4.78, 5) is 4.01. The number of hydrogen-bond acceptors (Lipinski definition) is 4. The van der Waals surface area contributed by atoms with Gasteiger partial charge in [0.15, 0.2) is 5.82 Å². The topological polar surface area (TPSA) is 51.0 Å². The Kier molecular flexibility index (Phi) is 2.80. The van der Waals surface area contributed by atoms with E-state index in [1.807, 2.05) is 0 Å². The molecule has 0 saturated carbocycles. The summed E-state index contributed by atoms with van der Waals surface area (Å²) in [6.45, 7) is 6.72. The van der Waals surface area contributed by atoms with E-state index in [2.05, 4.69) is 22.0 Å². The summed E-state index contributed by atoms with van der Waals surface area (Å²) in [7, 11) is 0. The second-order valence-corrected chi connectivity index (χ2v) is 2.15. The molecule has 0 unspecified atom stereocenters. The zero-order chi connectivity index (χ0) is 8.10. The number of hydrogen-bond donors (Lipinski definition) is 1. The maximum atomic E-state index is 4.85. The van der Waals surface area contributed by atoms with E-state index in [9.17, 15) is 0 Å². The summed E-state index contributed by atoms with van der Waals surface area (Å²) >= 11 is 0. The molecular formula is C7H11N3O. The third kappa shape index (κ3) is 2.51. The fraction of sp³-hybridized carbons (Fsp3) is 0.429. The summed E-state index contributed by atoms with van der Waals surface area (Å²) in [5, 5.41) is 6.69. The van der Waals surface area contributed by atoms with Gasteiger partial charge in [0.05, 0.1) is 6.54 Å². The van der Waals surface area contributed by atoms with Crippen molar-refractivity contribution in [3.05, 3.63) is 24.4 Å². The minimum Gasteiger partial charge on any atom is -0.338 e. The highest BCUT2D eigenvalue weighted by atomic mass is 16.5. The predicted molar refractivity (Wildman–Crippen MR) is 40.9 cm³/mol. The molecule has 0 saturated heterocycles. The average molecular weight is 153 g/mol. The molecule has 60 valence electrons. The van der Waals surface area contributed by atoms with Crippen LogP contribution in [0.4, 0.5) is 0 Å². The van der Waals surface area contributed by atoms with E-state index in [1.54, 1.807) is 13.0 Å². The largest absolute Gasteiger partial charge is 0.338 e. The van der Waals surface area contributed by atoms with Crippen molar-refractivity contribution in [3.63, 3.8) is 0 Å². The van der Waals surface area contributed by atoms with Gasteiger partial charge in [-0.3, -0.25) is 0 Å². The van der Waals surface area contributed by atoms with Crippen molar-refractivity contribution >= 4 is 0 Å². The van der Waals surface area contributed by atoms with E-state index in [-0.39, 0.29) is 0 Å². The lowest BCUT2D eigenvalue weighted by molar-refractivity contribution is 0.366. The minimum absolute atomic E-state index is 0.604. The van der Waals surface area contributed by atoms with Crippen molar-refractivity contribution in [2.45, 2.75) is 13.5 Å². The van der Waals surface area contributed by atoms with Crippen LogP contribution in [0.25, 0.3) is 0 Å². The molecule has 11 heavy (non-hydrogen) atoms. The molecule has 4 nitrogen and oxygen atoms in total. The molecule has 1 N–H and O–H groups in total. The lowest BCUT2D eigenvalue weighted by atomic mass is 10.5. The molecule has 0 aromatic carbocycles. The van der Waals surface area contributed by atoms with Crippen LogP contribution >= 0.6 is 0 Å². The van der Waals surface area contributed by atoms with Gasteiger partial charge in [-0.05, 0) is 6.92 Å². The van der Waals surface area contributed by atoms with E-state index >= 15 is 0 Å². The molecule has 0 bridgehead atoms. The SMILES string of the molecule is C=CCNCc1nc(C)no1. The molecule has 0 atom stereocenters. The Morgan fingerprint density at radius 1 is 1.73 bits per heavy atom. The molecule has 1 rings (SSSR count). The van der Waals surface area contributed by atoms with E-state index < -0.39 is 0 Å². The summed E-state index contributed by atoms with van der Waals surface area (Å²) in [5.74, 6) is 1.28. The fourth-order valence-corrected chi connectivity index (χ4v) is 0.693. The van der Waals surface area contributed by atoms with E-state index in [0.717, 1.165) is 6.54 Å². The first kappa shape index (κ1) is 7.94. The smallest absolute Gasteiger partial charge is 0.240 e.